The highest BCUT2D eigenvalue weighted by atomic mass is 19.4. The van der Waals surface area contributed by atoms with Crippen LogP contribution in [0.3, 0.4) is 0 Å². The lowest BCUT2D eigenvalue weighted by atomic mass is 10.1. The van der Waals surface area contributed by atoms with Gasteiger partial charge >= 0.3 is 6.18 Å². The number of amides is 1. The van der Waals surface area contributed by atoms with Crippen LogP contribution in [0.4, 0.5) is 28.9 Å². The number of aliphatic hydroxyl groups excluding tert-OH is 1. The zero-order valence-electron chi connectivity index (χ0n) is 19.1. The molecular weight excluding hydrogens is 480 g/mol. The molecular formula is C25H22F4N4O3. The summed E-state index contributed by atoms with van der Waals surface area (Å²) in [5.41, 5.74) is 3.12. The second-order valence-corrected chi connectivity index (χ2v) is 8.01. The van der Waals surface area contributed by atoms with Crippen molar-refractivity contribution in [2.75, 3.05) is 18.5 Å². The van der Waals surface area contributed by atoms with Crippen molar-refractivity contribution in [1.82, 2.24) is 15.0 Å². The topological polar surface area (TPSA) is 88.4 Å². The summed E-state index contributed by atoms with van der Waals surface area (Å²) in [5.74, 6) is -1.30. The molecule has 4 aromatic rings. The third-order valence-corrected chi connectivity index (χ3v) is 5.42. The highest BCUT2D eigenvalue weighted by molar-refractivity contribution is 6.09. The first-order valence-corrected chi connectivity index (χ1v) is 10.9. The van der Waals surface area contributed by atoms with E-state index in [1.807, 2.05) is 0 Å². The molecule has 2 heterocycles. The Kier molecular flexibility index (Phi) is 7.22. The first-order chi connectivity index (χ1) is 17.2. The lowest BCUT2D eigenvalue weighted by Crippen LogP contribution is -2.28. The van der Waals surface area contributed by atoms with E-state index in [0.717, 1.165) is 12.1 Å². The van der Waals surface area contributed by atoms with Crippen LogP contribution in [-0.2, 0) is 17.6 Å². The Balaban J connectivity index is 1.87. The van der Waals surface area contributed by atoms with Crippen molar-refractivity contribution >= 4 is 28.2 Å². The number of carbonyl (C=O) groups excluding carboxylic acids is 1. The van der Waals surface area contributed by atoms with Crippen LogP contribution >= 0.6 is 0 Å². The monoisotopic (exact) mass is 502 g/mol. The maximum absolute atomic E-state index is 14.7. The second kappa shape index (κ2) is 10.3. The summed E-state index contributed by atoms with van der Waals surface area (Å²) in [7, 11) is 0. The summed E-state index contributed by atoms with van der Waals surface area (Å²) in [5, 5.41) is 12.4. The third-order valence-electron chi connectivity index (χ3n) is 5.42. The van der Waals surface area contributed by atoms with Crippen molar-refractivity contribution in [3.8, 4) is 0 Å². The van der Waals surface area contributed by atoms with E-state index in [-0.39, 0.29) is 42.4 Å². The molecule has 0 saturated carbocycles. The van der Waals surface area contributed by atoms with Gasteiger partial charge in [-0.2, -0.15) is 13.2 Å². The van der Waals surface area contributed by atoms with Gasteiger partial charge in [-0.25, -0.2) is 9.87 Å². The molecule has 36 heavy (non-hydrogen) atoms. The molecule has 0 spiro atoms. The number of nitrogens with zero attached hydrogens (tertiary/aromatic N) is 2. The average molecular weight is 502 g/mol. The van der Waals surface area contributed by atoms with Crippen LogP contribution < -0.4 is 10.8 Å². The molecule has 0 radical (unpaired) electrons. The van der Waals surface area contributed by atoms with Gasteiger partial charge in [-0.15, -0.1) is 0 Å². The van der Waals surface area contributed by atoms with Crippen LogP contribution in [0.15, 0.2) is 60.9 Å². The Hall–Kier alpha value is -3.96. The molecule has 0 aliphatic heterocycles. The third kappa shape index (κ3) is 5.31. The van der Waals surface area contributed by atoms with Crippen molar-refractivity contribution in [2.45, 2.75) is 19.6 Å². The standard InChI is InChI=1S/C25H22F4N4O3/c1-15-5-6-20(19(26)11-15)31-22-18-13-30-8-7-21(18)33(23(22)24(35)32-36-10-9-34)14-16-3-2-4-17(12-16)25(27,28)29/h2-8,11-13,31,34H,9-10,14H2,1H3,(H,32,35). The van der Waals surface area contributed by atoms with Crippen molar-refractivity contribution in [1.29, 1.82) is 0 Å². The summed E-state index contributed by atoms with van der Waals surface area (Å²) in [6, 6.07) is 10.9. The number of aliphatic hydroxyl groups is 1. The van der Waals surface area contributed by atoms with Gasteiger partial charge in [0.15, 0.2) is 0 Å². The number of benzene rings is 2. The van der Waals surface area contributed by atoms with Gasteiger partial charge in [0, 0.05) is 24.3 Å². The van der Waals surface area contributed by atoms with Gasteiger partial charge in [0.25, 0.3) is 5.91 Å². The van der Waals surface area contributed by atoms with Crippen LogP contribution in [-0.4, -0.2) is 33.8 Å². The molecule has 0 saturated heterocycles. The van der Waals surface area contributed by atoms with Gasteiger partial charge in [-0.3, -0.25) is 14.6 Å². The number of pyridine rings is 1. The van der Waals surface area contributed by atoms with E-state index in [9.17, 15) is 22.4 Å². The van der Waals surface area contributed by atoms with Gasteiger partial charge in [-0.05, 0) is 48.4 Å². The highest BCUT2D eigenvalue weighted by Gasteiger charge is 2.31. The summed E-state index contributed by atoms with van der Waals surface area (Å²) < 4.78 is 56.1. The zero-order chi connectivity index (χ0) is 25.9. The van der Waals surface area contributed by atoms with Crippen molar-refractivity contribution < 1.29 is 32.3 Å². The van der Waals surface area contributed by atoms with Gasteiger partial charge in [0.2, 0.25) is 0 Å². The van der Waals surface area contributed by atoms with Crippen molar-refractivity contribution in [3.05, 3.63) is 89.1 Å². The fourth-order valence-corrected chi connectivity index (χ4v) is 3.82. The maximum atomic E-state index is 14.7. The second-order valence-electron chi connectivity index (χ2n) is 8.01. The molecule has 1 amide bonds. The molecule has 2 aromatic heterocycles. The molecule has 0 atom stereocenters. The maximum Gasteiger partial charge on any atom is 0.416 e. The van der Waals surface area contributed by atoms with E-state index >= 15 is 0 Å². The largest absolute Gasteiger partial charge is 0.416 e. The van der Waals surface area contributed by atoms with Crippen molar-refractivity contribution in [3.63, 3.8) is 0 Å². The van der Waals surface area contributed by atoms with E-state index in [2.05, 4.69) is 15.8 Å². The Bertz CT molecular complexity index is 1400. The number of hydrogen-bond donors (Lipinski definition) is 3. The Morgan fingerprint density at radius 3 is 2.69 bits per heavy atom. The number of fused-ring (bicyclic) bond motifs is 1. The number of carbonyl (C=O) groups is 1. The molecule has 3 N–H and O–H groups in total. The number of hydrogen-bond acceptors (Lipinski definition) is 5. The Morgan fingerprint density at radius 1 is 1.17 bits per heavy atom. The first-order valence-electron chi connectivity index (χ1n) is 10.9. The van der Waals surface area contributed by atoms with Crippen LogP contribution in [0.2, 0.25) is 0 Å². The summed E-state index contributed by atoms with van der Waals surface area (Å²) in [6.07, 6.45) is -1.59. The van der Waals surface area contributed by atoms with Crippen molar-refractivity contribution in [2.24, 2.45) is 0 Å². The Morgan fingerprint density at radius 2 is 1.97 bits per heavy atom. The molecule has 11 heteroatoms. The summed E-state index contributed by atoms with van der Waals surface area (Å²) >= 11 is 0. The smallest absolute Gasteiger partial charge is 0.394 e. The molecule has 7 nitrogen and oxygen atoms in total. The van der Waals surface area contributed by atoms with E-state index in [4.69, 9.17) is 9.94 Å². The number of nitrogens with one attached hydrogen (secondary N) is 2. The minimum atomic E-state index is -4.54. The van der Waals surface area contributed by atoms with Gasteiger partial charge < -0.3 is 15.0 Å². The predicted molar refractivity (Wildman–Crippen MR) is 125 cm³/mol. The van der Waals surface area contributed by atoms with E-state index in [1.54, 1.807) is 19.1 Å². The lowest BCUT2D eigenvalue weighted by Gasteiger charge is -2.15. The lowest BCUT2D eigenvalue weighted by molar-refractivity contribution is -0.137. The zero-order valence-corrected chi connectivity index (χ0v) is 19.1. The van der Waals surface area contributed by atoms with Gasteiger partial charge in [-0.1, -0.05) is 18.2 Å². The molecule has 4 rings (SSSR count). The number of aromatic nitrogens is 2. The number of hydroxylamine groups is 1. The first kappa shape index (κ1) is 25.1. The number of alkyl halides is 3. The average Bonchev–Trinajstić information content (AvgIpc) is 3.14. The fraction of sp³-hybridized carbons (Fsp3) is 0.200. The molecule has 0 unspecified atom stereocenters. The summed E-state index contributed by atoms with van der Waals surface area (Å²) in [4.78, 5) is 22.3. The minimum Gasteiger partial charge on any atom is -0.394 e. The molecule has 0 aliphatic rings. The highest BCUT2D eigenvalue weighted by Crippen LogP contribution is 2.35. The van der Waals surface area contributed by atoms with Crippen LogP contribution in [0.5, 0.6) is 0 Å². The molecule has 0 fully saturated rings. The van der Waals surface area contributed by atoms with E-state index < -0.39 is 23.5 Å². The normalized spacial score (nSPS) is 11.6. The van der Waals surface area contributed by atoms with Gasteiger partial charge in [0.1, 0.15) is 11.5 Å². The minimum absolute atomic E-state index is 0.0201. The van der Waals surface area contributed by atoms with Crippen LogP contribution in [0, 0.1) is 12.7 Å². The molecule has 188 valence electrons. The summed E-state index contributed by atoms with van der Waals surface area (Å²) in [6.45, 7) is 1.09. The Labute approximate surface area is 203 Å². The van der Waals surface area contributed by atoms with Crippen LogP contribution in [0.1, 0.15) is 27.2 Å². The number of halogens is 4. The number of rotatable bonds is 8. The molecule has 0 bridgehead atoms. The number of aryl methyl sites for hydroxylation is 1. The predicted octanol–water partition coefficient (Wildman–Crippen LogP) is 4.95. The van der Waals surface area contributed by atoms with E-state index in [1.165, 1.54) is 41.2 Å². The SMILES string of the molecule is Cc1ccc(Nc2c(C(=O)NOCCO)n(Cc3cccc(C(F)(F)F)c3)c3ccncc23)c(F)c1. The van der Waals surface area contributed by atoms with E-state index in [0.29, 0.717) is 16.5 Å². The quantitative estimate of drug-likeness (QED) is 0.180. The molecule has 0 aliphatic carbocycles. The fourth-order valence-electron chi connectivity index (χ4n) is 3.82. The van der Waals surface area contributed by atoms with Gasteiger partial charge in [0.05, 0.1) is 35.7 Å². The molecule has 2 aromatic carbocycles. The number of anilines is 2. The van der Waals surface area contributed by atoms with Crippen LogP contribution in [0.25, 0.3) is 10.9 Å².